The van der Waals surface area contributed by atoms with Crippen LogP contribution in [0.1, 0.15) is 81.1 Å². The molecule has 1 saturated heterocycles. The Morgan fingerprint density at radius 1 is 1.00 bits per heavy atom. The Morgan fingerprint density at radius 2 is 1.41 bits per heavy atom. The van der Waals surface area contributed by atoms with Gasteiger partial charge in [0.05, 0.1) is 11.1 Å². The molecule has 2 unspecified atom stereocenters. The molecule has 1 fully saturated rings. The number of hydrogen-bond acceptors (Lipinski definition) is 5. The second-order valence-electron chi connectivity index (χ2n) is 6.22. The maximum atomic E-state index is 11.4. The van der Waals surface area contributed by atoms with Crippen molar-refractivity contribution in [3.63, 3.8) is 0 Å². The summed E-state index contributed by atoms with van der Waals surface area (Å²) in [5.74, 6) is -0.567. The van der Waals surface area contributed by atoms with Gasteiger partial charge in [-0.05, 0) is 26.7 Å². The molecule has 0 saturated carbocycles. The van der Waals surface area contributed by atoms with Crippen molar-refractivity contribution in [2.75, 3.05) is 0 Å². The lowest BCUT2D eigenvalue weighted by atomic mass is 9.76. The van der Waals surface area contributed by atoms with Gasteiger partial charge >= 0.3 is 11.9 Å². The van der Waals surface area contributed by atoms with Crippen molar-refractivity contribution in [3.05, 3.63) is 0 Å². The van der Waals surface area contributed by atoms with Crippen molar-refractivity contribution in [2.45, 2.75) is 98.3 Å². The Bertz CT molecular complexity index is 365. The van der Waals surface area contributed by atoms with Crippen molar-refractivity contribution < 1.29 is 19.2 Å². The van der Waals surface area contributed by atoms with E-state index in [1.165, 1.54) is 13.8 Å². The van der Waals surface area contributed by atoms with Crippen LogP contribution in [0, 0.1) is 0 Å². The summed E-state index contributed by atoms with van der Waals surface area (Å²) in [4.78, 5) is 28.2. The minimum absolute atomic E-state index is 0.130. The Kier molecular flexibility index (Phi) is 8.09. The highest BCUT2D eigenvalue weighted by molar-refractivity contribution is 5.66. The third kappa shape index (κ3) is 4.97. The first-order valence-corrected chi connectivity index (χ1v) is 8.33. The third-order valence-corrected chi connectivity index (χ3v) is 4.39. The van der Waals surface area contributed by atoms with Gasteiger partial charge in [-0.1, -0.05) is 27.7 Å². The van der Waals surface area contributed by atoms with E-state index in [1.807, 2.05) is 18.9 Å². The Labute approximate surface area is 135 Å². The lowest BCUT2D eigenvalue weighted by Crippen LogP contribution is -2.64. The maximum Gasteiger partial charge on any atom is 0.322 e. The standard InChI is InChI=1S/C15H27NO4.C2H6/c1-7-14(5)9-13(19-11(3)17)10-15(6,8-2)16(14)20-12(4)18;1-2/h13H,7-10H2,1-6H3;1-2H3. The van der Waals surface area contributed by atoms with Gasteiger partial charge in [0.15, 0.2) is 0 Å². The average molecular weight is 315 g/mol. The lowest BCUT2D eigenvalue weighted by molar-refractivity contribution is -0.285. The topological polar surface area (TPSA) is 55.8 Å². The number of hydroxylamine groups is 2. The number of ether oxygens (including phenoxy) is 1. The van der Waals surface area contributed by atoms with E-state index in [-0.39, 0.29) is 29.1 Å². The van der Waals surface area contributed by atoms with Crippen LogP contribution in [0.15, 0.2) is 0 Å². The van der Waals surface area contributed by atoms with Gasteiger partial charge in [0, 0.05) is 26.7 Å². The summed E-state index contributed by atoms with van der Waals surface area (Å²) in [6.07, 6.45) is 2.84. The van der Waals surface area contributed by atoms with Crippen LogP contribution in [0.25, 0.3) is 0 Å². The molecular weight excluding hydrogens is 282 g/mol. The van der Waals surface area contributed by atoms with Crippen LogP contribution in [0.4, 0.5) is 0 Å². The smallest absolute Gasteiger partial charge is 0.322 e. The fourth-order valence-corrected chi connectivity index (χ4v) is 3.11. The maximum absolute atomic E-state index is 11.4. The predicted molar refractivity (Wildman–Crippen MR) is 87.1 cm³/mol. The molecule has 5 heteroatoms. The van der Waals surface area contributed by atoms with Gasteiger partial charge in [0.1, 0.15) is 6.10 Å². The Balaban J connectivity index is 0.00000211. The van der Waals surface area contributed by atoms with Crippen molar-refractivity contribution in [2.24, 2.45) is 0 Å². The average Bonchev–Trinajstić information content (AvgIpc) is 2.44. The van der Waals surface area contributed by atoms with Crippen molar-refractivity contribution in [1.82, 2.24) is 5.06 Å². The SMILES string of the molecule is CC.CCC1(C)CC(OC(C)=O)CC(C)(CC)N1OC(C)=O. The molecule has 2 atom stereocenters. The van der Waals surface area contributed by atoms with E-state index in [4.69, 9.17) is 9.57 Å². The van der Waals surface area contributed by atoms with Gasteiger partial charge in [-0.15, -0.1) is 5.06 Å². The zero-order chi connectivity index (χ0) is 17.6. The van der Waals surface area contributed by atoms with Gasteiger partial charge in [-0.3, -0.25) is 9.59 Å². The Hall–Kier alpha value is -1.10. The molecule has 130 valence electrons. The number of carbonyl (C=O) groups excluding carboxylic acids is 2. The van der Waals surface area contributed by atoms with Crippen LogP contribution < -0.4 is 0 Å². The minimum atomic E-state index is -0.325. The number of hydrogen-bond donors (Lipinski definition) is 0. The van der Waals surface area contributed by atoms with E-state index in [1.54, 1.807) is 0 Å². The van der Waals surface area contributed by atoms with E-state index in [2.05, 4.69) is 27.7 Å². The van der Waals surface area contributed by atoms with Crippen molar-refractivity contribution in [3.8, 4) is 0 Å². The summed E-state index contributed by atoms with van der Waals surface area (Å²) < 4.78 is 5.43. The highest BCUT2D eigenvalue weighted by atomic mass is 16.7. The molecule has 0 aliphatic carbocycles. The molecule has 1 aliphatic heterocycles. The molecule has 0 spiro atoms. The molecule has 0 bridgehead atoms. The molecular formula is C17H33NO4. The van der Waals surface area contributed by atoms with Gasteiger partial charge in [-0.2, -0.15) is 0 Å². The van der Waals surface area contributed by atoms with E-state index >= 15 is 0 Å². The lowest BCUT2D eigenvalue weighted by Gasteiger charge is -2.54. The summed E-state index contributed by atoms with van der Waals surface area (Å²) in [6.45, 7) is 15.1. The van der Waals surface area contributed by atoms with E-state index in [0.717, 1.165) is 12.8 Å². The number of rotatable bonds is 4. The molecule has 0 radical (unpaired) electrons. The second-order valence-corrected chi connectivity index (χ2v) is 6.22. The van der Waals surface area contributed by atoms with Crippen LogP contribution in [0.5, 0.6) is 0 Å². The van der Waals surface area contributed by atoms with Crippen LogP contribution >= 0.6 is 0 Å². The molecule has 1 heterocycles. The van der Waals surface area contributed by atoms with E-state index in [0.29, 0.717) is 12.8 Å². The molecule has 0 aromatic rings. The highest BCUT2D eigenvalue weighted by Gasteiger charge is 2.51. The van der Waals surface area contributed by atoms with Crippen LogP contribution in [-0.2, 0) is 19.2 Å². The van der Waals surface area contributed by atoms with Crippen LogP contribution in [-0.4, -0.2) is 34.2 Å². The largest absolute Gasteiger partial charge is 0.462 e. The zero-order valence-corrected chi connectivity index (χ0v) is 15.5. The molecule has 5 nitrogen and oxygen atoms in total. The Morgan fingerprint density at radius 3 is 1.68 bits per heavy atom. The molecule has 0 N–H and O–H groups in total. The highest BCUT2D eigenvalue weighted by Crippen LogP contribution is 2.43. The van der Waals surface area contributed by atoms with Crippen LogP contribution in [0.2, 0.25) is 0 Å². The van der Waals surface area contributed by atoms with E-state index in [9.17, 15) is 9.59 Å². The first-order chi connectivity index (χ1) is 10.2. The van der Waals surface area contributed by atoms with Gasteiger partial charge in [0.2, 0.25) is 0 Å². The number of esters is 1. The first-order valence-electron chi connectivity index (χ1n) is 8.33. The summed E-state index contributed by atoms with van der Waals surface area (Å²) >= 11 is 0. The summed E-state index contributed by atoms with van der Waals surface area (Å²) in [5.41, 5.74) is -0.649. The quantitative estimate of drug-likeness (QED) is 0.737. The molecule has 22 heavy (non-hydrogen) atoms. The number of carbonyl (C=O) groups is 2. The van der Waals surface area contributed by atoms with Crippen molar-refractivity contribution >= 4 is 11.9 Å². The first kappa shape index (κ1) is 20.9. The molecule has 1 rings (SSSR count). The summed E-state index contributed by atoms with van der Waals surface area (Å²) in [7, 11) is 0. The monoisotopic (exact) mass is 315 g/mol. The third-order valence-electron chi connectivity index (χ3n) is 4.39. The summed E-state index contributed by atoms with van der Waals surface area (Å²) in [5, 5.41) is 1.84. The zero-order valence-electron chi connectivity index (χ0n) is 15.5. The number of nitrogens with zero attached hydrogens (tertiary/aromatic N) is 1. The molecule has 0 amide bonds. The fraction of sp³-hybridized carbons (Fsp3) is 0.882. The fourth-order valence-electron chi connectivity index (χ4n) is 3.11. The normalized spacial score (nSPS) is 31.7. The number of piperidine rings is 1. The predicted octanol–water partition coefficient (Wildman–Crippen LogP) is 3.86. The summed E-state index contributed by atoms with van der Waals surface area (Å²) in [6, 6.07) is 0. The van der Waals surface area contributed by atoms with Gasteiger partial charge < -0.3 is 9.57 Å². The van der Waals surface area contributed by atoms with Crippen molar-refractivity contribution in [1.29, 1.82) is 0 Å². The second kappa shape index (κ2) is 8.51. The molecule has 0 aromatic carbocycles. The van der Waals surface area contributed by atoms with Gasteiger partial charge in [-0.25, -0.2) is 0 Å². The molecule has 1 aliphatic rings. The minimum Gasteiger partial charge on any atom is -0.462 e. The van der Waals surface area contributed by atoms with Crippen LogP contribution in [0.3, 0.4) is 0 Å². The van der Waals surface area contributed by atoms with Gasteiger partial charge in [0.25, 0.3) is 0 Å². The van der Waals surface area contributed by atoms with E-state index < -0.39 is 0 Å². The molecule has 0 aromatic heterocycles.